The van der Waals surface area contributed by atoms with Crippen molar-refractivity contribution in [3.05, 3.63) is 16.3 Å². The summed E-state index contributed by atoms with van der Waals surface area (Å²) in [4.78, 5) is 17.6. The zero-order valence-corrected chi connectivity index (χ0v) is 10.2. The Morgan fingerprint density at radius 3 is 2.81 bits per heavy atom. The molecule has 2 aromatic rings. The van der Waals surface area contributed by atoms with Crippen LogP contribution in [-0.4, -0.2) is 22.0 Å². The molecule has 86 valence electrons. The maximum absolute atomic E-state index is 11.6. The number of nitrogen functional groups attached to an aromatic ring is 1. The number of thiazole rings is 1. The minimum Gasteiger partial charge on any atom is -0.461 e. The van der Waals surface area contributed by atoms with Crippen LogP contribution in [0.4, 0.5) is 5.82 Å². The smallest absolute Gasteiger partial charge is 0.360 e. The molecule has 0 fully saturated rings. The Labute approximate surface area is 96.8 Å². The molecular formula is C10H13N3O2S. The van der Waals surface area contributed by atoms with Gasteiger partial charge in [-0.15, -0.1) is 11.3 Å². The Hall–Kier alpha value is -1.56. The predicted octanol–water partition coefficient (Wildman–Crippen LogP) is 1.77. The number of hydrogen-bond acceptors (Lipinski definition) is 5. The molecule has 2 heterocycles. The molecule has 6 heteroatoms. The van der Waals surface area contributed by atoms with E-state index >= 15 is 0 Å². The van der Waals surface area contributed by atoms with Gasteiger partial charge < -0.3 is 10.5 Å². The second-order valence-electron chi connectivity index (χ2n) is 3.43. The number of ether oxygens (including phenoxy) is 1. The zero-order valence-electron chi connectivity index (χ0n) is 9.40. The first kappa shape index (κ1) is 10.9. The molecule has 0 unspecified atom stereocenters. The summed E-state index contributed by atoms with van der Waals surface area (Å²) in [7, 11) is 0. The number of anilines is 1. The largest absolute Gasteiger partial charge is 0.461 e. The maximum atomic E-state index is 11.6. The fourth-order valence-corrected chi connectivity index (χ4v) is 2.50. The topological polar surface area (TPSA) is 69.6 Å². The standard InChI is InChI=1S/C10H13N3O2S/c1-4-15-9(14)7-8(11)13-5(2)6(3)16-10(13)12-7/h4,11H2,1-3H3. The lowest BCUT2D eigenvalue weighted by Gasteiger charge is -2.00. The third-order valence-electron chi connectivity index (χ3n) is 2.44. The van der Waals surface area contributed by atoms with E-state index in [2.05, 4.69) is 4.98 Å². The van der Waals surface area contributed by atoms with Gasteiger partial charge in [0.1, 0.15) is 5.82 Å². The van der Waals surface area contributed by atoms with Crippen molar-refractivity contribution in [1.29, 1.82) is 0 Å². The van der Waals surface area contributed by atoms with Crippen molar-refractivity contribution in [1.82, 2.24) is 9.38 Å². The Bertz CT molecular complexity index is 556. The van der Waals surface area contributed by atoms with Crippen molar-refractivity contribution in [3.8, 4) is 0 Å². The van der Waals surface area contributed by atoms with E-state index in [0.29, 0.717) is 12.4 Å². The van der Waals surface area contributed by atoms with E-state index in [4.69, 9.17) is 10.5 Å². The molecule has 0 saturated heterocycles. The highest BCUT2D eigenvalue weighted by molar-refractivity contribution is 7.17. The summed E-state index contributed by atoms with van der Waals surface area (Å²) in [5, 5.41) is 0. The number of aryl methyl sites for hydroxylation is 2. The number of hydrogen-bond donors (Lipinski definition) is 1. The van der Waals surface area contributed by atoms with Gasteiger partial charge in [-0.2, -0.15) is 0 Å². The van der Waals surface area contributed by atoms with E-state index in [1.54, 1.807) is 11.3 Å². The molecule has 0 aromatic carbocycles. The van der Waals surface area contributed by atoms with Gasteiger partial charge in [0.25, 0.3) is 0 Å². The number of imidazole rings is 1. The summed E-state index contributed by atoms with van der Waals surface area (Å²) >= 11 is 1.51. The van der Waals surface area contributed by atoms with Gasteiger partial charge in [0.15, 0.2) is 10.7 Å². The van der Waals surface area contributed by atoms with Crippen LogP contribution in [-0.2, 0) is 4.74 Å². The number of nitrogens with zero attached hydrogens (tertiary/aromatic N) is 2. The summed E-state index contributed by atoms with van der Waals surface area (Å²) in [6.45, 7) is 6.02. The average Bonchev–Trinajstić information content (AvgIpc) is 2.68. The first-order valence-corrected chi connectivity index (χ1v) is 5.79. The van der Waals surface area contributed by atoms with Gasteiger partial charge in [0.05, 0.1) is 6.61 Å². The van der Waals surface area contributed by atoms with Crippen LogP contribution in [0.25, 0.3) is 4.96 Å². The van der Waals surface area contributed by atoms with Crippen LogP contribution in [0.15, 0.2) is 0 Å². The van der Waals surface area contributed by atoms with Gasteiger partial charge in [-0.25, -0.2) is 9.78 Å². The van der Waals surface area contributed by atoms with Gasteiger partial charge in [-0.3, -0.25) is 4.40 Å². The quantitative estimate of drug-likeness (QED) is 0.811. The van der Waals surface area contributed by atoms with E-state index in [0.717, 1.165) is 15.5 Å². The summed E-state index contributed by atoms with van der Waals surface area (Å²) in [6, 6.07) is 0. The lowest BCUT2D eigenvalue weighted by molar-refractivity contribution is 0.0521. The van der Waals surface area contributed by atoms with Gasteiger partial charge >= 0.3 is 5.97 Å². The Balaban J connectivity index is 2.58. The first-order valence-electron chi connectivity index (χ1n) is 4.97. The van der Waals surface area contributed by atoms with E-state index in [-0.39, 0.29) is 5.69 Å². The summed E-state index contributed by atoms with van der Waals surface area (Å²) in [5.74, 6) is -0.108. The fourth-order valence-electron chi connectivity index (χ4n) is 1.52. The molecule has 0 spiro atoms. The summed E-state index contributed by atoms with van der Waals surface area (Å²) in [6.07, 6.45) is 0. The highest BCUT2D eigenvalue weighted by Gasteiger charge is 2.20. The molecule has 2 N–H and O–H groups in total. The second kappa shape index (κ2) is 3.79. The highest BCUT2D eigenvalue weighted by Crippen LogP contribution is 2.26. The molecule has 0 aliphatic rings. The third-order valence-corrected chi connectivity index (χ3v) is 3.50. The van der Waals surface area contributed by atoms with Gasteiger partial charge in [0.2, 0.25) is 0 Å². The zero-order chi connectivity index (χ0) is 11.9. The first-order chi connectivity index (χ1) is 7.56. The maximum Gasteiger partial charge on any atom is 0.360 e. The Kier molecular flexibility index (Phi) is 2.59. The highest BCUT2D eigenvalue weighted by atomic mass is 32.1. The molecule has 0 aliphatic carbocycles. The van der Waals surface area contributed by atoms with Gasteiger partial charge in [-0.1, -0.05) is 0 Å². The second-order valence-corrected chi connectivity index (χ2v) is 4.61. The van der Waals surface area contributed by atoms with Crippen molar-refractivity contribution >= 4 is 28.1 Å². The minimum absolute atomic E-state index is 0.205. The molecule has 0 radical (unpaired) electrons. The number of nitrogens with two attached hydrogens (primary N) is 1. The fraction of sp³-hybridized carbons (Fsp3) is 0.400. The van der Waals surface area contributed by atoms with E-state index in [9.17, 15) is 4.79 Å². The summed E-state index contributed by atoms with van der Waals surface area (Å²) < 4.78 is 6.67. The minimum atomic E-state index is -0.465. The van der Waals surface area contributed by atoms with Crippen LogP contribution >= 0.6 is 11.3 Å². The number of fused-ring (bicyclic) bond motifs is 1. The number of esters is 1. The molecule has 0 amide bonds. The number of aromatic nitrogens is 2. The van der Waals surface area contributed by atoms with Crippen LogP contribution in [0.2, 0.25) is 0 Å². The Morgan fingerprint density at radius 1 is 1.56 bits per heavy atom. The van der Waals surface area contributed by atoms with Gasteiger partial charge in [0, 0.05) is 10.6 Å². The summed E-state index contributed by atoms with van der Waals surface area (Å²) in [5.41, 5.74) is 7.11. The number of rotatable bonds is 2. The third kappa shape index (κ3) is 1.46. The molecule has 0 atom stereocenters. The van der Waals surface area contributed by atoms with Crippen LogP contribution in [0.3, 0.4) is 0 Å². The van der Waals surface area contributed by atoms with E-state index in [1.807, 2.05) is 13.8 Å². The Morgan fingerprint density at radius 2 is 2.25 bits per heavy atom. The number of carbonyl (C=O) groups excluding carboxylic acids is 1. The van der Waals surface area contributed by atoms with Crippen molar-refractivity contribution in [2.75, 3.05) is 12.3 Å². The van der Waals surface area contributed by atoms with Crippen LogP contribution in [0.1, 0.15) is 28.0 Å². The normalized spacial score (nSPS) is 10.9. The van der Waals surface area contributed by atoms with Crippen molar-refractivity contribution in [2.24, 2.45) is 0 Å². The molecule has 0 bridgehead atoms. The van der Waals surface area contributed by atoms with E-state index in [1.165, 1.54) is 11.3 Å². The lowest BCUT2D eigenvalue weighted by atomic mass is 10.4. The van der Waals surface area contributed by atoms with Crippen molar-refractivity contribution in [2.45, 2.75) is 20.8 Å². The number of carbonyl (C=O) groups is 1. The van der Waals surface area contributed by atoms with Crippen molar-refractivity contribution < 1.29 is 9.53 Å². The lowest BCUT2D eigenvalue weighted by Crippen LogP contribution is -2.08. The molecule has 16 heavy (non-hydrogen) atoms. The molecule has 5 nitrogen and oxygen atoms in total. The van der Waals surface area contributed by atoms with Crippen LogP contribution in [0.5, 0.6) is 0 Å². The van der Waals surface area contributed by atoms with Crippen LogP contribution in [0, 0.1) is 13.8 Å². The molecule has 0 saturated carbocycles. The van der Waals surface area contributed by atoms with Crippen LogP contribution < -0.4 is 5.73 Å². The SMILES string of the molecule is CCOC(=O)c1nc2sc(C)c(C)n2c1N. The van der Waals surface area contributed by atoms with Crippen molar-refractivity contribution in [3.63, 3.8) is 0 Å². The van der Waals surface area contributed by atoms with Gasteiger partial charge in [-0.05, 0) is 20.8 Å². The van der Waals surface area contributed by atoms with E-state index < -0.39 is 5.97 Å². The molecular weight excluding hydrogens is 226 g/mol. The average molecular weight is 239 g/mol. The molecule has 0 aliphatic heterocycles. The molecule has 2 rings (SSSR count). The monoisotopic (exact) mass is 239 g/mol. The predicted molar refractivity (Wildman–Crippen MR) is 62.9 cm³/mol. The molecule has 2 aromatic heterocycles.